The molecule has 1 heterocycles. The lowest BCUT2D eigenvalue weighted by atomic mass is 10.4. The molecule has 0 saturated heterocycles. The average Bonchev–Trinajstić information content (AvgIpc) is 2.93. The van der Waals surface area contributed by atoms with E-state index in [1.807, 2.05) is 6.92 Å². The number of rotatable bonds is 3. The van der Waals surface area contributed by atoms with Crippen molar-refractivity contribution in [2.75, 3.05) is 12.8 Å². The number of aryl methyl sites for hydroxylation is 1. The molecule has 0 spiro atoms. The minimum absolute atomic E-state index is 0.193. The Labute approximate surface area is 93.8 Å². The van der Waals surface area contributed by atoms with Gasteiger partial charge >= 0.3 is 0 Å². The van der Waals surface area contributed by atoms with Gasteiger partial charge in [0.2, 0.25) is 0 Å². The first-order valence-electron chi connectivity index (χ1n) is 4.77. The molecule has 0 amide bonds. The van der Waals surface area contributed by atoms with Crippen LogP contribution in [0.3, 0.4) is 0 Å². The molecule has 15 heavy (non-hydrogen) atoms. The molecule has 0 bridgehead atoms. The lowest BCUT2D eigenvalue weighted by Crippen LogP contribution is -2.28. The second-order valence-corrected chi connectivity index (χ2v) is 7.17. The maximum absolute atomic E-state index is 12.1. The van der Waals surface area contributed by atoms with Gasteiger partial charge in [-0.2, -0.15) is 4.31 Å². The van der Waals surface area contributed by atoms with E-state index in [4.69, 9.17) is 5.73 Å². The Balaban J connectivity index is 2.36. The van der Waals surface area contributed by atoms with Crippen molar-refractivity contribution in [1.29, 1.82) is 0 Å². The van der Waals surface area contributed by atoms with Gasteiger partial charge in [-0.3, -0.25) is 0 Å². The lowest BCUT2D eigenvalue weighted by Gasteiger charge is -2.14. The summed E-state index contributed by atoms with van der Waals surface area (Å²) in [6.07, 6.45) is 1.94. The van der Waals surface area contributed by atoms with Gasteiger partial charge in [0.25, 0.3) is 10.0 Å². The zero-order valence-corrected chi connectivity index (χ0v) is 10.4. The van der Waals surface area contributed by atoms with E-state index in [1.165, 1.54) is 4.31 Å². The maximum atomic E-state index is 12.1. The Bertz CT molecular complexity index is 455. The molecule has 6 heteroatoms. The summed E-state index contributed by atoms with van der Waals surface area (Å²) in [5.41, 5.74) is 6.50. The molecule has 1 aromatic heterocycles. The molecule has 0 unspecified atom stereocenters. The minimum atomic E-state index is -3.31. The number of nitrogens with zero attached hydrogens (tertiary/aromatic N) is 1. The normalized spacial score (nSPS) is 17.3. The number of nitrogen functional groups attached to an aromatic ring is 1. The predicted molar refractivity (Wildman–Crippen MR) is 61.4 cm³/mol. The summed E-state index contributed by atoms with van der Waals surface area (Å²) in [5, 5.41) is 0.581. The molecule has 84 valence electrons. The zero-order valence-electron chi connectivity index (χ0n) is 8.73. The van der Waals surface area contributed by atoms with E-state index in [1.54, 1.807) is 13.1 Å². The number of sulfonamides is 1. The number of nitrogens with two attached hydrogens (primary N) is 1. The van der Waals surface area contributed by atoms with Gasteiger partial charge in [-0.15, -0.1) is 11.3 Å². The number of hydrogen-bond donors (Lipinski definition) is 1. The van der Waals surface area contributed by atoms with E-state index in [9.17, 15) is 8.42 Å². The third-order valence-electron chi connectivity index (χ3n) is 2.63. The number of thiophene rings is 1. The van der Waals surface area contributed by atoms with Gasteiger partial charge in [0.15, 0.2) is 0 Å². The van der Waals surface area contributed by atoms with Crippen molar-refractivity contribution in [2.45, 2.75) is 30.0 Å². The average molecular weight is 246 g/mol. The van der Waals surface area contributed by atoms with Crippen LogP contribution in [-0.4, -0.2) is 25.8 Å². The second kappa shape index (κ2) is 3.47. The molecule has 2 rings (SSSR count). The van der Waals surface area contributed by atoms with E-state index in [-0.39, 0.29) is 6.04 Å². The maximum Gasteiger partial charge on any atom is 0.252 e. The molecule has 0 aromatic carbocycles. The zero-order chi connectivity index (χ0) is 11.2. The fraction of sp³-hybridized carbons (Fsp3) is 0.556. The fourth-order valence-corrected chi connectivity index (χ4v) is 4.30. The summed E-state index contributed by atoms with van der Waals surface area (Å²) in [6, 6.07) is 1.84. The summed E-state index contributed by atoms with van der Waals surface area (Å²) >= 11 is 1.14. The highest BCUT2D eigenvalue weighted by molar-refractivity contribution is 7.91. The van der Waals surface area contributed by atoms with Crippen molar-refractivity contribution in [3.63, 3.8) is 0 Å². The van der Waals surface area contributed by atoms with E-state index in [0.717, 1.165) is 29.7 Å². The Morgan fingerprint density at radius 2 is 2.13 bits per heavy atom. The van der Waals surface area contributed by atoms with Gasteiger partial charge in [0, 0.05) is 13.1 Å². The smallest absolute Gasteiger partial charge is 0.252 e. The Hall–Kier alpha value is -0.590. The van der Waals surface area contributed by atoms with Crippen LogP contribution in [0.15, 0.2) is 10.3 Å². The fourth-order valence-electron chi connectivity index (χ4n) is 1.37. The van der Waals surface area contributed by atoms with Crippen LogP contribution in [0, 0.1) is 6.92 Å². The van der Waals surface area contributed by atoms with E-state index >= 15 is 0 Å². The van der Waals surface area contributed by atoms with Crippen LogP contribution in [0.5, 0.6) is 0 Å². The molecule has 1 saturated carbocycles. The van der Waals surface area contributed by atoms with Crippen LogP contribution in [0.25, 0.3) is 0 Å². The van der Waals surface area contributed by atoms with Crippen LogP contribution in [0.1, 0.15) is 18.4 Å². The van der Waals surface area contributed by atoms with Crippen molar-refractivity contribution in [2.24, 2.45) is 0 Å². The third-order valence-corrected chi connectivity index (χ3v) is 6.05. The van der Waals surface area contributed by atoms with E-state index in [2.05, 4.69) is 0 Å². The second-order valence-electron chi connectivity index (χ2n) is 3.87. The Kier molecular flexibility index (Phi) is 2.52. The quantitative estimate of drug-likeness (QED) is 0.877. The third kappa shape index (κ3) is 1.89. The lowest BCUT2D eigenvalue weighted by molar-refractivity contribution is 0.466. The molecule has 1 aliphatic carbocycles. The molecule has 0 aliphatic heterocycles. The van der Waals surface area contributed by atoms with Gasteiger partial charge in [-0.25, -0.2) is 8.42 Å². The molecule has 1 aromatic rings. The first-order chi connectivity index (χ1) is 6.93. The van der Waals surface area contributed by atoms with Crippen LogP contribution in [-0.2, 0) is 10.0 Å². The topological polar surface area (TPSA) is 63.4 Å². The summed E-state index contributed by atoms with van der Waals surface area (Å²) in [5.74, 6) is 0. The van der Waals surface area contributed by atoms with Crippen molar-refractivity contribution < 1.29 is 8.42 Å². The SMILES string of the molecule is Cc1cc(S(=O)(=O)N(C)C2CC2)sc1N. The van der Waals surface area contributed by atoms with Crippen LogP contribution < -0.4 is 5.73 Å². The van der Waals surface area contributed by atoms with Gasteiger partial charge in [-0.1, -0.05) is 0 Å². The van der Waals surface area contributed by atoms with E-state index in [0.29, 0.717) is 9.21 Å². The molecule has 2 N–H and O–H groups in total. The monoisotopic (exact) mass is 246 g/mol. The highest BCUT2D eigenvalue weighted by Crippen LogP contribution is 2.34. The van der Waals surface area contributed by atoms with Crippen molar-refractivity contribution in [3.8, 4) is 0 Å². The summed E-state index contributed by atoms with van der Waals surface area (Å²) in [7, 11) is -1.67. The standard InChI is InChI=1S/C9H14N2O2S2/c1-6-5-8(14-9(6)10)15(12,13)11(2)7-3-4-7/h5,7H,3-4,10H2,1-2H3. The molecular formula is C9H14N2O2S2. The van der Waals surface area contributed by atoms with Crippen molar-refractivity contribution in [1.82, 2.24) is 4.31 Å². The predicted octanol–water partition coefficient (Wildman–Crippen LogP) is 1.42. The number of anilines is 1. The van der Waals surface area contributed by atoms with Gasteiger partial charge < -0.3 is 5.73 Å². The first-order valence-corrected chi connectivity index (χ1v) is 7.02. The van der Waals surface area contributed by atoms with Crippen molar-refractivity contribution >= 4 is 26.4 Å². The largest absolute Gasteiger partial charge is 0.390 e. The molecular weight excluding hydrogens is 232 g/mol. The van der Waals surface area contributed by atoms with Crippen molar-refractivity contribution in [3.05, 3.63) is 11.6 Å². The molecule has 0 radical (unpaired) electrons. The molecule has 1 fully saturated rings. The van der Waals surface area contributed by atoms with Crippen LogP contribution in [0.4, 0.5) is 5.00 Å². The summed E-state index contributed by atoms with van der Waals surface area (Å²) < 4.78 is 25.9. The van der Waals surface area contributed by atoms with E-state index < -0.39 is 10.0 Å². The Morgan fingerprint density at radius 1 is 1.53 bits per heavy atom. The molecule has 1 aliphatic rings. The highest BCUT2D eigenvalue weighted by atomic mass is 32.2. The van der Waals surface area contributed by atoms with Crippen LogP contribution in [0.2, 0.25) is 0 Å². The van der Waals surface area contributed by atoms with Gasteiger partial charge in [-0.05, 0) is 31.4 Å². The molecule has 4 nitrogen and oxygen atoms in total. The Morgan fingerprint density at radius 3 is 2.53 bits per heavy atom. The van der Waals surface area contributed by atoms with Gasteiger partial charge in [0.1, 0.15) is 4.21 Å². The summed E-state index contributed by atoms with van der Waals surface area (Å²) in [4.78, 5) is 0. The number of hydrogen-bond acceptors (Lipinski definition) is 4. The van der Waals surface area contributed by atoms with Crippen LogP contribution >= 0.6 is 11.3 Å². The first kappa shape index (κ1) is 10.9. The molecule has 0 atom stereocenters. The summed E-state index contributed by atoms with van der Waals surface area (Å²) in [6.45, 7) is 1.82. The highest BCUT2D eigenvalue weighted by Gasteiger charge is 2.35. The van der Waals surface area contributed by atoms with Gasteiger partial charge in [0.05, 0.1) is 5.00 Å². The minimum Gasteiger partial charge on any atom is -0.390 e.